The SMILES string of the molecule is CC(C)c1ccccc1-c1cn(COCC[Si](C)(C)C)c2nccc(Oc3c(F)cc(NC(=O)NCC4(C)COC4)cc3F)c12. The molecule has 240 valence electrons. The lowest BCUT2D eigenvalue weighted by atomic mass is 9.89. The van der Waals surface area contributed by atoms with Gasteiger partial charge in [0.15, 0.2) is 17.4 Å². The maximum atomic E-state index is 15.4. The van der Waals surface area contributed by atoms with Crippen molar-refractivity contribution in [3.05, 3.63) is 72.1 Å². The summed E-state index contributed by atoms with van der Waals surface area (Å²) in [7, 11) is -1.28. The Kier molecular flexibility index (Phi) is 9.62. The Morgan fingerprint density at radius 1 is 1.11 bits per heavy atom. The first-order valence-corrected chi connectivity index (χ1v) is 19.0. The van der Waals surface area contributed by atoms with Crippen LogP contribution in [0.1, 0.15) is 32.3 Å². The van der Waals surface area contributed by atoms with Gasteiger partial charge in [0.2, 0.25) is 0 Å². The summed E-state index contributed by atoms with van der Waals surface area (Å²) in [6.45, 7) is 15.5. The maximum absolute atomic E-state index is 15.4. The molecule has 8 nitrogen and oxygen atoms in total. The van der Waals surface area contributed by atoms with E-state index in [-0.39, 0.29) is 29.5 Å². The second-order valence-electron chi connectivity index (χ2n) is 13.6. The second kappa shape index (κ2) is 13.3. The van der Waals surface area contributed by atoms with E-state index in [1.165, 1.54) is 0 Å². The zero-order valence-corrected chi connectivity index (χ0v) is 27.8. The molecule has 0 unspecified atom stereocenters. The highest BCUT2D eigenvalue weighted by Crippen LogP contribution is 2.42. The number of benzene rings is 2. The van der Waals surface area contributed by atoms with Crippen molar-refractivity contribution in [2.45, 2.75) is 59.1 Å². The number of amides is 2. The third kappa shape index (κ3) is 7.71. The Labute approximate surface area is 264 Å². The van der Waals surface area contributed by atoms with Crippen molar-refractivity contribution in [2.75, 3.05) is 31.7 Å². The van der Waals surface area contributed by atoms with E-state index >= 15 is 8.78 Å². The van der Waals surface area contributed by atoms with Crippen LogP contribution in [0.25, 0.3) is 22.2 Å². The molecule has 2 amide bonds. The number of ether oxygens (including phenoxy) is 3. The van der Waals surface area contributed by atoms with E-state index in [0.717, 1.165) is 34.9 Å². The number of nitrogens with zero attached hydrogens (tertiary/aromatic N) is 2. The first-order chi connectivity index (χ1) is 21.3. The molecule has 1 saturated heterocycles. The average molecular weight is 637 g/mol. The lowest BCUT2D eigenvalue weighted by Crippen LogP contribution is -2.49. The molecule has 3 heterocycles. The molecule has 2 aromatic heterocycles. The topological polar surface area (TPSA) is 86.6 Å². The lowest BCUT2D eigenvalue weighted by Gasteiger charge is -2.37. The second-order valence-corrected chi connectivity index (χ2v) is 19.2. The van der Waals surface area contributed by atoms with Crippen LogP contribution in [-0.4, -0.2) is 50.0 Å². The third-order valence-corrected chi connectivity index (χ3v) is 9.57. The van der Waals surface area contributed by atoms with Crippen LogP contribution in [0.3, 0.4) is 0 Å². The van der Waals surface area contributed by atoms with Gasteiger partial charge in [-0.1, -0.05) is 64.7 Å². The van der Waals surface area contributed by atoms with E-state index in [2.05, 4.69) is 55.2 Å². The molecular formula is C34H42F2N4O4Si. The molecule has 1 aliphatic heterocycles. The smallest absolute Gasteiger partial charge is 0.319 e. The fourth-order valence-corrected chi connectivity index (χ4v) is 5.98. The van der Waals surface area contributed by atoms with Crippen molar-refractivity contribution in [3.63, 3.8) is 0 Å². The predicted molar refractivity (Wildman–Crippen MR) is 176 cm³/mol. The van der Waals surface area contributed by atoms with Gasteiger partial charge in [-0.3, -0.25) is 0 Å². The quantitative estimate of drug-likeness (QED) is 0.121. The van der Waals surface area contributed by atoms with Gasteiger partial charge < -0.3 is 29.4 Å². The lowest BCUT2D eigenvalue weighted by molar-refractivity contribution is -0.0974. The van der Waals surface area contributed by atoms with Crippen molar-refractivity contribution >= 4 is 30.8 Å². The van der Waals surface area contributed by atoms with Gasteiger partial charge in [-0.15, -0.1) is 0 Å². The number of pyridine rings is 1. The molecule has 5 rings (SSSR count). The van der Waals surface area contributed by atoms with Crippen LogP contribution in [0, 0.1) is 17.0 Å². The summed E-state index contributed by atoms with van der Waals surface area (Å²) in [4.78, 5) is 17.0. The van der Waals surface area contributed by atoms with Gasteiger partial charge in [0.05, 0.1) is 18.6 Å². The zero-order chi connectivity index (χ0) is 32.4. The summed E-state index contributed by atoms with van der Waals surface area (Å²) in [6, 6.07) is 12.2. The normalized spacial score (nSPS) is 14.4. The van der Waals surface area contributed by atoms with Crippen molar-refractivity contribution in [2.24, 2.45) is 5.41 Å². The summed E-state index contributed by atoms with van der Waals surface area (Å²) >= 11 is 0. The number of carbonyl (C=O) groups excluding carboxylic acids is 1. The van der Waals surface area contributed by atoms with Crippen LogP contribution in [0.4, 0.5) is 19.3 Å². The Balaban J connectivity index is 1.46. The molecule has 0 spiro atoms. The number of carbonyl (C=O) groups is 1. The Morgan fingerprint density at radius 2 is 1.82 bits per heavy atom. The first kappa shape index (κ1) is 32.6. The molecule has 0 aliphatic carbocycles. The number of nitrogens with one attached hydrogen (secondary N) is 2. The van der Waals surface area contributed by atoms with E-state index in [1.54, 1.807) is 12.3 Å². The van der Waals surface area contributed by atoms with E-state index in [1.807, 2.05) is 35.9 Å². The van der Waals surface area contributed by atoms with E-state index in [9.17, 15) is 4.79 Å². The number of halogens is 2. The van der Waals surface area contributed by atoms with Gasteiger partial charge in [-0.25, -0.2) is 18.6 Å². The first-order valence-electron chi connectivity index (χ1n) is 15.3. The third-order valence-electron chi connectivity index (χ3n) is 7.86. The Bertz CT molecular complexity index is 1660. The Hall–Kier alpha value is -3.80. The maximum Gasteiger partial charge on any atom is 0.319 e. The van der Waals surface area contributed by atoms with Gasteiger partial charge >= 0.3 is 6.03 Å². The molecule has 0 radical (unpaired) electrons. The van der Waals surface area contributed by atoms with E-state index in [4.69, 9.17) is 14.2 Å². The van der Waals surface area contributed by atoms with Crippen molar-refractivity contribution in [1.82, 2.24) is 14.9 Å². The van der Waals surface area contributed by atoms with Crippen LogP contribution in [0.2, 0.25) is 25.7 Å². The van der Waals surface area contributed by atoms with Gasteiger partial charge in [-0.2, -0.15) is 0 Å². The number of hydrogen-bond donors (Lipinski definition) is 2. The van der Waals surface area contributed by atoms with E-state index in [0.29, 0.717) is 37.4 Å². The van der Waals surface area contributed by atoms with Crippen LogP contribution < -0.4 is 15.4 Å². The summed E-state index contributed by atoms with van der Waals surface area (Å²) in [5.74, 6) is -2.00. The number of anilines is 1. The van der Waals surface area contributed by atoms with Gasteiger partial charge in [0.1, 0.15) is 18.1 Å². The minimum Gasteiger partial charge on any atom is -0.450 e. The molecule has 4 aromatic rings. The Morgan fingerprint density at radius 3 is 2.47 bits per heavy atom. The summed E-state index contributed by atoms with van der Waals surface area (Å²) in [5, 5.41) is 5.84. The summed E-state index contributed by atoms with van der Waals surface area (Å²) < 4.78 is 50.0. The number of urea groups is 1. The van der Waals surface area contributed by atoms with Crippen LogP contribution in [-0.2, 0) is 16.2 Å². The zero-order valence-electron chi connectivity index (χ0n) is 26.8. The number of hydrogen-bond acceptors (Lipinski definition) is 5. The van der Waals surface area contributed by atoms with Gasteiger partial charge in [0, 0.05) is 62.4 Å². The highest BCUT2D eigenvalue weighted by Gasteiger charge is 2.33. The molecule has 11 heteroatoms. The molecule has 1 aliphatic rings. The standard InChI is InChI=1S/C34H42F2N4O4Si/c1-22(2)24-9-7-8-10-25(24)26-17-40(21-42-13-14-45(4,5)6)32-30(26)29(11-12-37-32)44-31-27(35)15-23(16-28(31)36)39-33(41)38-18-34(3)19-43-20-34/h7-12,15-17,22H,13-14,18-21H2,1-6H3,(H2,38,39,41). The van der Waals surface area contributed by atoms with Crippen LogP contribution >= 0.6 is 0 Å². The average Bonchev–Trinajstić information content (AvgIpc) is 3.34. The molecule has 0 atom stereocenters. The molecule has 45 heavy (non-hydrogen) atoms. The van der Waals surface area contributed by atoms with Crippen molar-refractivity contribution in [3.8, 4) is 22.6 Å². The largest absolute Gasteiger partial charge is 0.450 e. The summed E-state index contributed by atoms with van der Waals surface area (Å²) in [6.07, 6.45) is 3.52. The van der Waals surface area contributed by atoms with Crippen LogP contribution in [0.5, 0.6) is 11.5 Å². The fourth-order valence-electron chi connectivity index (χ4n) is 5.22. The minimum absolute atomic E-state index is 0.0297. The predicted octanol–water partition coefficient (Wildman–Crippen LogP) is 8.37. The number of rotatable bonds is 12. The molecule has 2 N–H and O–H groups in total. The molecule has 0 saturated carbocycles. The van der Waals surface area contributed by atoms with Crippen LogP contribution in [0.15, 0.2) is 54.9 Å². The number of aromatic nitrogens is 2. The minimum atomic E-state index is -1.28. The highest BCUT2D eigenvalue weighted by molar-refractivity contribution is 6.76. The fraction of sp³-hybridized carbons (Fsp3) is 0.412. The highest BCUT2D eigenvalue weighted by atomic mass is 28.3. The molecular weight excluding hydrogens is 594 g/mol. The summed E-state index contributed by atoms with van der Waals surface area (Å²) in [5.41, 5.74) is 3.33. The van der Waals surface area contributed by atoms with E-state index < -0.39 is 31.5 Å². The molecule has 1 fully saturated rings. The van der Waals surface area contributed by atoms with Gasteiger partial charge in [-0.05, 0) is 29.2 Å². The van der Waals surface area contributed by atoms with Gasteiger partial charge in [0.25, 0.3) is 0 Å². The monoisotopic (exact) mass is 636 g/mol. The number of fused-ring (bicyclic) bond motifs is 1. The van der Waals surface area contributed by atoms with Crippen molar-refractivity contribution in [1.29, 1.82) is 0 Å². The molecule has 2 aromatic carbocycles. The molecule has 0 bridgehead atoms. The van der Waals surface area contributed by atoms with Crippen molar-refractivity contribution < 1.29 is 27.8 Å².